The number of benzene rings is 2. The highest BCUT2D eigenvalue weighted by Gasteiger charge is 2.49. The fourth-order valence-corrected chi connectivity index (χ4v) is 4.64. The average Bonchev–Trinajstić information content (AvgIpc) is 2.77. The van der Waals surface area contributed by atoms with Gasteiger partial charge in [0.2, 0.25) is 11.8 Å². The Labute approximate surface area is 175 Å². The molecular formula is C24H27FN2O3. The molecule has 2 aromatic carbocycles. The molecule has 2 amide bonds. The van der Waals surface area contributed by atoms with Gasteiger partial charge in [-0.05, 0) is 48.9 Å². The molecule has 2 N–H and O–H groups in total. The summed E-state index contributed by atoms with van der Waals surface area (Å²) in [4.78, 5) is 27.4. The molecule has 0 radical (unpaired) electrons. The Kier molecular flexibility index (Phi) is 5.86. The van der Waals surface area contributed by atoms with Crippen LogP contribution >= 0.6 is 0 Å². The summed E-state index contributed by atoms with van der Waals surface area (Å²) in [6.45, 7) is 1.02. The summed E-state index contributed by atoms with van der Waals surface area (Å²) in [5.41, 5.74) is 1.22. The molecule has 2 aromatic rings. The minimum Gasteiger partial charge on any atom is -0.391 e. The van der Waals surface area contributed by atoms with E-state index in [9.17, 15) is 19.1 Å². The van der Waals surface area contributed by atoms with Crippen LogP contribution in [0.2, 0.25) is 0 Å². The SMILES string of the molecule is O=C(CCc1ccc(F)cc1)N1CCC2(CC1)C[C@@H](O)[C@H](c1ccccc1)NC2=O. The molecule has 1 spiro atoms. The van der Waals surface area contributed by atoms with Crippen LogP contribution in [0.1, 0.15) is 42.9 Å². The Bertz CT molecular complexity index is 892. The number of rotatable bonds is 4. The largest absolute Gasteiger partial charge is 0.391 e. The lowest BCUT2D eigenvalue weighted by atomic mass is 9.69. The van der Waals surface area contributed by atoms with Crippen molar-refractivity contribution >= 4 is 11.8 Å². The molecule has 5 nitrogen and oxygen atoms in total. The molecule has 2 atom stereocenters. The van der Waals surface area contributed by atoms with Crippen molar-refractivity contribution < 1.29 is 19.1 Å². The molecule has 0 unspecified atom stereocenters. The van der Waals surface area contributed by atoms with Gasteiger partial charge >= 0.3 is 0 Å². The highest BCUT2D eigenvalue weighted by Crippen LogP contribution is 2.42. The average molecular weight is 410 g/mol. The van der Waals surface area contributed by atoms with E-state index in [1.165, 1.54) is 12.1 Å². The quantitative estimate of drug-likeness (QED) is 0.814. The highest BCUT2D eigenvalue weighted by molar-refractivity contribution is 5.85. The predicted octanol–water partition coefficient (Wildman–Crippen LogP) is 2.99. The lowest BCUT2D eigenvalue weighted by Crippen LogP contribution is -2.57. The van der Waals surface area contributed by atoms with Crippen molar-refractivity contribution in [2.45, 2.75) is 44.2 Å². The lowest BCUT2D eigenvalue weighted by Gasteiger charge is -2.46. The molecule has 0 bridgehead atoms. The van der Waals surface area contributed by atoms with Crippen LogP contribution in [0.4, 0.5) is 4.39 Å². The molecular weight excluding hydrogens is 383 g/mol. The van der Waals surface area contributed by atoms with Crippen LogP contribution in [0, 0.1) is 11.2 Å². The van der Waals surface area contributed by atoms with E-state index >= 15 is 0 Å². The van der Waals surface area contributed by atoms with Crippen LogP contribution < -0.4 is 5.32 Å². The van der Waals surface area contributed by atoms with Gasteiger partial charge in [-0.3, -0.25) is 9.59 Å². The fourth-order valence-electron chi connectivity index (χ4n) is 4.64. The zero-order chi connectivity index (χ0) is 21.1. The smallest absolute Gasteiger partial charge is 0.227 e. The van der Waals surface area contributed by atoms with Gasteiger partial charge in [0, 0.05) is 19.5 Å². The predicted molar refractivity (Wildman–Crippen MR) is 111 cm³/mol. The van der Waals surface area contributed by atoms with Gasteiger partial charge in [0.05, 0.1) is 17.6 Å². The van der Waals surface area contributed by atoms with Crippen LogP contribution in [0.25, 0.3) is 0 Å². The first-order valence-corrected chi connectivity index (χ1v) is 10.5. The number of aliphatic hydroxyl groups is 1. The van der Waals surface area contributed by atoms with Gasteiger partial charge in [-0.1, -0.05) is 42.5 Å². The number of likely N-dealkylation sites (tertiary alicyclic amines) is 1. The van der Waals surface area contributed by atoms with E-state index in [-0.39, 0.29) is 23.7 Å². The summed E-state index contributed by atoms with van der Waals surface area (Å²) in [5.74, 6) is -0.262. The molecule has 0 saturated carbocycles. The standard InChI is InChI=1S/C24H27FN2O3/c25-19-9-6-17(7-10-19)8-11-21(29)27-14-12-24(13-15-27)16-20(28)22(26-23(24)30)18-4-2-1-3-5-18/h1-7,9-10,20,22,28H,8,11-16H2,(H,26,30)/t20-,22+/m1/s1. The number of nitrogens with one attached hydrogen (secondary N) is 1. The van der Waals surface area contributed by atoms with Crippen LogP contribution in [-0.4, -0.2) is 41.0 Å². The number of hydrogen-bond donors (Lipinski definition) is 2. The maximum absolute atomic E-state index is 13.0. The number of carbonyl (C=O) groups excluding carboxylic acids is 2. The zero-order valence-corrected chi connectivity index (χ0v) is 16.9. The van der Waals surface area contributed by atoms with Crippen molar-refractivity contribution in [1.29, 1.82) is 0 Å². The van der Waals surface area contributed by atoms with Gasteiger partial charge in [-0.2, -0.15) is 0 Å². The maximum atomic E-state index is 13.0. The first-order chi connectivity index (χ1) is 14.5. The number of carbonyl (C=O) groups is 2. The molecule has 158 valence electrons. The first-order valence-electron chi connectivity index (χ1n) is 10.5. The molecule has 2 aliphatic heterocycles. The Morgan fingerprint density at radius 2 is 1.77 bits per heavy atom. The number of nitrogens with zero attached hydrogens (tertiary/aromatic N) is 1. The van der Waals surface area contributed by atoms with E-state index in [1.54, 1.807) is 17.0 Å². The Balaban J connectivity index is 1.32. The van der Waals surface area contributed by atoms with Crippen LogP contribution in [0.5, 0.6) is 0 Å². The third kappa shape index (κ3) is 4.24. The van der Waals surface area contributed by atoms with E-state index < -0.39 is 11.5 Å². The van der Waals surface area contributed by atoms with Crippen molar-refractivity contribution in [2.24, 2.45) is 5.41 Å². The second-order valence-corrected chi connectivity index (χ2v) is 8.42. The summed E-state index contributed by atoms with van der Waals surface area (Å²) >= 11 is 0. The zero-order valence-electron chi connectivity index (χ0n) is 16.9. The molecule has 0 aromatic heterocycles. The van der Waals surface area contributed by atoms with Gasteiger partial charge in [0.1, 0.15) is 5.82 Å². The number of amides is 2. The van der Waals surface area contributed by atoms with Crippen molar-refractivity contribution in [3.8, 4) is 0 Å². The van der Waals surface area contributed by atoms with Gasteiger partial charge in [0.15, 0.2) is 0 Å². The summed E-state index contributed by atoms with van der Waals surface area (Å²) in [6.07, 6.45) is 1.81. The summed E-state index contributed by atoms with van der Waals surface area (Å²) in [6, 6.07) is 15.3. The van der Waals surface area contributed by atoms with E-state index in [0.29, 0.717) is 45.2 Å². The Morgan fingerprint density at radius 1 is 1.10 bits per heavy atom. The van der Waals surface area contributed by atoms with Gasteiger partial charge < -0.3 is 15.3 Å². The summed E-state index contributed by atoms with van der Waals surface area (Å²) in [5, 5.41) is 13.8. The number of piperidine rings is 2. The second-order valence-electron chi connectivity index (χ2n) is 8.42. The monoisotopic (exact) mass is 410 g/mol. The third-order valence-electron chi connectivity index (χ3n) is 6.53. The fraction of sp³-hybridized carbons (Fsp3) is 0.417. The van der Waals surface area contributed by atoms with Crippen molar-refractivity contribution in [1.82, 2.24) is 10.2 Å². The Hall–Kier alpha value is -2.73. The summed E-state index contributed by atoms with van der Waals surface area (Å²) < 4.78 is 13.0. The lowest BCUT2D eigenvalue weighted by molar-refractivity contribution is -0.148. The molecule has 6 heteroatoms. The number of aliphatic hydroxyl groups excluding tert-OH is 1. The van der Waals surface area contributed by atoms with E-state index in [2.05, 4.69) is 5.32 Å². The van der Waals surface area contributed by atoms with E-state index in [4.69, 9.17) is 0 Å². The maximum Gasteiger partial charge on any atom is 0.227 e. The van der Waals surface area contributed by atoms with Crippen molar-refractivity contribution in [3.63, 3.8) is 0 Å². The van der Waals surface area contributed by atoms with Crippen LogP contribution in [-0.2, 0) is 16.0 Å². The Morgan fingerprint density at radius 3 is 2.43 bits per heavy atom. The normalized spacial score (nSPS) is 23.3. The van der Waals surface area contributed by atoms with E-state index in [1.807, 2.05) is 30.3 Å². The van der Waals surface area contributed by atoms with Gasteiger partial charge in [0.25, 0.3) is 0 Å². The van der Waals surface area contributed by atoms with E-state index in [0.717, 1.165) is 11.1 Å². The van der Waals surface area contributed by atoms with Crippen LogP contribution in [0.15, 0.2) is 54.6 Å². The molecule has 4 rings (SSSR count). The number of halogens is 1. The minimum absolute atomic E-state index is 0.0277. The minimum atomic E-state index is -0.647. The highest BCUT2D eigenvalue weighted by atomic mass is 19.1. The molecule has 2 saturated heterocycles. The first kappa shape index (κ1) is 20.5. The summed E-state index contributed by atoms with van der Waals surface area (Å²) in [7, 11) is 0. The number of hydrogen-bond acceptors (Lipinski definition) is 3. The molecule has 0 aliphatic carbocycles. The van der Waals surface area contributed by atoms with Crippen LogP contribution in [0.3, 0.4) is 0 Å². The van der Waals surface area contributed by atoms with Gasteiger partial charge in [-0.15, -0.1) is 0 Å². The molecule has 2 heterocycles. The molecule has 2 fully saturated rings. The third-order valence-corrected chi connectivity index (χ3v) is 6.53. The topological polar surface area (TPSA) is 69.6 Å². The molecule has 30 heavy (non-hydrogen) atoms. The van der Waals surface area contributed by atoms with Gasteiger partial charge in [-0.25, -0.2) is 4.39 Å². The second kappa shape index (κ2) is 8.56. The van der Waals surface area contributed by atoms with Crippen molar-refractivity contribution in [2.75, 3.05) is 13.1 Å². The van der Waals surface area contributed by atoms with Crippen molar-refractivity contribution in [3.05, 3.63) is 71.5 Å². The molecule has 2 aliphatic rings. The number of aryl methyl sites for hydroxylation is 1.